The number of hydrogen-bond acceptors (Lipinski definition) is 5. The Hall–Kier alpha value is -2.36. The third-order valence-corrected chi connectivity index (χ3v) is 4.87. The quantitative estimate of drug-likeness (QED) is 0.756. The summed E-state index contributed by atoms with van der Waals surface area (Å²) >= 11 is 1.07. The fourth-order valence-electron chi connectivity index (χ4n) is 1.95. The molecule has 6 nitrogen and oxygen atoms in total. The minimum Gasteiger partial charge on any atom is -0.298 e. The van der Waals surface area contributed by atoms with E-state index in [9.17, 15) is 17.6 Å². The van der Waals surface area contributed by atoms with Gasteiger partial charge in [-0.05, 0) is 30.3 Å². The van der Waals surface area contributed by atoms with Gasteiger partial charge in [0.1, 0.15) is 5.82 Å². The number of nitrogens with one attached hydrogen (secondary N) is 1. The molecule has 0 aliphatic rings. The molecule has 1 aromatic heterocycles. The zero-order chi connectivity index (χ0) is 16.6. The second kappa shape index (κ2) is 5.69. The molecule has 3 N–H and O–H groups in total. The SMILES string of the molecule is NS(=O)(=O)c1ccc2nc(NC(=O)c3ccccc3F)sc2c1. The molecular formula is C14H10FN3O3S2. The Balaban J connectivity index is 1.92. The number of nitrogens with two attached hydrogens (primary N) is 1. The van der Waals surface area contributed by atoms with Gasteiger partial charge in [0.15, 0.2) is 5.13 Å². The molecule has 0 atom stereocenters. The normalized spacial score (nSPS) is 11.6. The molecule has 0 spiro atoms. The standard InChI is InChI=1S/C14H10FN3O3S2/c15-10-4-2-1-3-9(10)13(19)18-14-17-11-6-5-8(23(16,20)21)7-12(11)22-14/h1-7H,(H2,16,20,21)(H,17,18,19). The van der Waals surface area contributed by atoms with Crippen LogP contribution in [0.25, 0.3) is 10.2 Å². The number of sulfonamides is 1. The molecule has 0 unspecified atom stereocenters. The van der Waals surface area contributed by atoms with Crippen LogP contribution >= 0.6 is 11.3 Å². The van der Waals surface area contributed by atoms with Crippen molar-refractivity contribution in [2.24, 2.45) is 5.14 Å². The summed E-state index contributed by atoms with van der Waals surface area (Å²) in [6.07, 6.45) is 0. The lowest BCUT2D eigenvalue weighted by Crippen LogP contribution is -2.13. The van der Waals surface area contributed by atoms with Crippen LogP contribution < -0.4 is 10.5 Å². The number of aromatic nitrogens is 1. The van der Waals surface area contributed by atoms with Crippen LogP contribution in [0, 0.1) is 5.82 Å². The lowest BCUT2D eigenvalue weighted by atomic mass is 10.2. The lowest BCUT2D eigenvalue weighted by Gasteiger charge is -2.02. The molecule has 0 bridgehead atoms. The van der Waals surface area contributed by atoms with E-state index in [0.717, 1.165) is 11.3 Å². The number of thiazole rings is 1. The maximum atomic E-state index is 13.6. The number of hydrogen-bond donors (Lipinski definition) is 2. The molecule has 23 heavy (non-hydrogen) atoms. The van der Waals surface area contributed by atoms with E-state index in [1.165, 1.54) is 36.4 Å². The highest BCUT2D eigenvalue weighted by Gasteiger charge is 2.15. The van der Waals surface area contributed by atoms with Gasteiger partial charge >= 0.3 is 0 Å². The van der Waals surface area contributed by atoms with Gasteiger partial charge < -0.3 is 0 Å². The number of nitrogens with zero attached hydrogens (tertiary/aromatic N) is 1. The number of amides is 1. The van der Waals surface area contributed by atoms with E-state index in [1.807, 2.05) is 0 Å². The number of carbonyl (C=O) groups is 1. The fourth-order valence-corrected chi connectivity index (χ4v) is 3.46. The summed E-state index contributed by atoms with van der Waals surface area (Å²) in [6, 6.07) is 9.78. The maximum absolute atomic E-state index is 13.6. The van der Waals surface area contributed by atoms with Gasteiger partial charge in [-0.3, -0.25) is 10.1 Å². The van der Waals surface area contributed by atoms with E-state index in [-0.39, 0.29) is 15.6 Å². The second-order valence-electron chi connectivity index (χ2n) is 4.63. The first-order valence-corrected chi connectivity index (χ1v) is 8.70. The molecule has 9 heteroatoms. The summed E-state index contributed by atoms with van der Waals surface area (Å²) in [5, 5.41) is 7.80. The first-order chi connectivity index (χ1) is 10.8. The van der Waals surface area contributed by atoms with Crippen LogP contribution in [0.5, 0.6) is 0 Å². The zero-order valence-corrected chi connectivity index (χ0v) is 13.1. The number of primary sulfonamides is 1. The Morgan fingerprint density at radius 1 is 1.22 bits per heavy atom. The Morgan fingerprint density at radius 2 is 1.96 bits per heavy atom. The molecule has 1 amide bonds. The van der Waals surface area contributed by atoms with Crippen LogP contribution in [0.1, 0.15) is 10.4 Å². The number of carbonyl (C=O) groups excluding carboxylic acids is 1. The summed E-state index contributed by atoms with van der Waals surface area (Å²) in [6.45, 7) is 0. The third kappa shape index (κ3) is 3.21. The van der Waals surface area contributed by atoms with Gasteiger partial charge in [0.25, 0.3) is 5.91 Å². The fraction of sp³-hybridized carbons (Fsp3) is 0. The average molecular weight is 351 g/mol. The van der Waals surface area contributed by atoms with E-state index in [1.54, 1.807) is 6.07 Å². The van der Waals surface area contributed by atoms with E-state index in [2.05, 4.69) is 10.3 Å². The molecule has 2 aromatic carbocycles. The van der Waals surface area contributed by atoms with Crippen LogP contribution in [0.15, 0.2) is 47.4 Å². The number of halogens is 1. The average Bonchev–Trinajstić information content (AvgIpc) is 2.87. The van der Waals surface area contributed by atoms with Crippen molar-refractivity contribution in [1.82, 2.24) is 4.98 Å². The van der Waals surface area contributed by atoms with Crippen molar-refractivity contribution in [3.63, 3.8) is 0 Å². The molecule has 118 valence electrons. The molecule has 0 aliphatic carbocycles. The summed E-state index contributed by atoms with van der Waals surface area (Å²) in [7, 11) is -3.81. The predicted octanol–water partition coefficient (Wildman–Crippen LogP) is 2.34. The van der Waals surface area contributed by atoms with Gasteiger partial charge in [-0.15, -0.1) is 0 Å². The molecule has 0 radical (unpaired) electrons. The van der Waals surface area contributed by atoms with Crippen molar-refractivity contribution >= 4 is 42.6 Å². The maximum Gasteiger partial charge on any atom is 0.260 e. The van der Waals surface area contributed by atoms with Gasteiger partial charge in [0.05, 0.1) is 20.7 Å². The lowest BCUT2D eigenvalue weighted by molar-refractivity contribution is 0.102. The van der Waals surface area contributed by atoms with E-state index in [4.69, 9.17) is 5.14 Å². The van der Waals surface area contributed by atoms with Crippen LogP contribution in [-0.2, 0) is 10.0 Å². The van der Waals surface area contributed by atoms with Crippen LogP contribution in [0.3, 0.4) is 0 Å². The minimum absolute atomic E-state index is 0.0411. The Morgan fingerprint density at radius 3 is 2.65 bits per heavy atom. The van der Waals surface area contributed by atoms with Crippen molar-refractivity contribution in [2.75, 3.05) is 5.32 Å². The van der Waals surface area contributed by atoms with Gasteiger partial charge in [0.2, 0.25) is 10.0 Å². The Kier molecular flexibility index (Phi) is 3.84. The van der Waals surface area contributed by atoms with E-state index < -0.39 is 21.7 Å². The first-order valence-electron chi connectivity index (χ1n) is 6.34. The van der Waals surface area contributed by atoms with Gasteiger partial charge in [0, 0.05) is 0 Å². The number of anilines is 1. The molecule has 0 saturated heterocycles. The highest BCUT2D eigenvalue weighted by atomic mass is 32.2. The van der Waals surface area contributed by atoms with Crippen molar-refractivity contribution in [2.45, 2.75) is 4.90 Å². The predicted molar refractivity (Wildman–Crippen MR) is 85.3 cm³/mol. The summed E-state index contributed by atoms with van der Waals surface area (Å²) in [5.74, 6) is -1.27. The summed E-state index contributed by atoms with van der Waals surface area (Å²) < 4.78 is 36.8. The third-order valence-electron chi connectivity index (χ3n) is 3.03. The number of fused-ring (bicyclic) bond motifs is 1. The van der Waals surface area contributed by atoms with Crippen LogP contribution in [0.2, 0.25) is 0 Å². The highest BCUT2D eigenvalue weighted by molar-refractivity contribution is 7.89. The second-order valence-corrected chi connectivity index (χ2v) is 7.22. The van der Waals surface area contributed by atoms with Gasteiger partial charge in [-0.25, -0.2) is 22.9 Å². The Labute approximate surface area is 134 Å². The van der Waals surface area contributed by atoms with Crippen molar-refractivity contribution in [3.05, 3.63) is 53.8 Å². The topological polar surface area (TPSA) is 102 Å². The van der Waals surface area contributed by atoms with Gasteiger partial charge in [-0.2, -0.15) is 0 Å². The summed E-state index contributed by atoms with van der Waals surface area (Å²) in [5.41, 5.74) is 0.406. The molecule has 3 aromatic rings. The number of benzene rings is 2. The van der Waals surface area contributed by atoms with Crippen molar-refractivity contribution in [1.29, 1.82) is 0 Å². The molecule has 0 fully saturated rings. The largest absolute Gasteiger partial charge is 0.298 e. The zero-order valence-electron chi connectivity index (χ0n) is 11.5. The van der Waals surface area contributed by atoms with E-state index >= 15 is 0 Å². The molecule has 3 rings (SSSR count). The Bertz CT molecular complexity index is 1020. The van der Waals surface area contributed by atoms with Gasteiger partial charge in [-0.1, -0.05) is 23.5 Å². The summed E-state index contributed by atoms with van der Waals surface area (Å²) in [4.78, 5) is 16.2. The minimum atomic E-state index is -3.81. The van der Waals surface area contributed by atoms with Crippen LogP contribution in [0.4, 0.5) is 9.52 Å². The van der Waals surface area contributed by atoms with Crippen molar-refractivity contribution in [3.8, 4) is 0 Å². The molecule has 0 saturated carbocycles. The molecular weight excluding hydrogens is 341 g/mol. The first kappa shape index (κ1) is 15.5. The van der Waals surface area contributed by atoms with E-state index in [0.29, 0.717) is 10.2 Å². The highest BCUT2D eigenvalue weighted by Crippen LogP contribution is 2.28. The molecule has 1 heterocycles. The van der Waals surface area contributed by atoms with Crippen LogP contribution in [-0.4, -0.2) is 19.3 Å². The number of rotatable bonds is 3. The molecule has 0 aliphatic heterocycles. The smallest absolute Gasteiger partial charge is 0.260 e. The monoisotopic (exact) mass is 351 g/mol. The van der Waals surface area contributed by atoms with Crippen molar-refractivity contribution < 1.29 is 17.6 Å².